The van der Waals surface area contributed by atoms with Gasteiger partial charge >= 0.3 is 0 Å². The molecule has 0 radical (unpaired) electrons. The van der Waals surface area contributed by atoms with Gasteiger partial charge in [-0.2, -0.15) is 40.0 Å². The van der Waals surface area contributed by atoms with E-state index >= 15 is 0 Å². The van der Waals surface area contributed by atoms with Gasteiger partial charge in [-0.1, -0.05) is 75.6 Å². The zero-order valence-corrected chi connectivity index (χ0v) is 64.7. The summed E-state index contributed by atoms with van der Waals surface area (Å²) in [4.78, 5) is 101. The van der Waals surface area contributed by atoms with Gasteiger partial charge in [0, 0.05) is 144 Å². The topological polar surface area (TPSA) is 576 Å². The Bertz CT molecular complexity index is 5160. The van der Waals surface area contributed by atoms with Crippen LogP contribution in [0.5, 0.6) is 0 Å². The highest BCUT2D eigenvalue weighted by molar-refractivity contribution is 6.00. The Kier molecular flexibility index (Phi) is 27.6. The molecule has 0 spiro atoms. The smallest absolute Gasteiger partial charge is 0.254 e. The third kappa shape index (κ3) is 22.2. The maximum Gasteiger partial charge on any atom is 0.254 e. The van der Waals surface area contributed by atoms with Crippen molar-refractivity contribution >= 4 is 93.4 Å². The van der Waals surface area contributed by atoms with E-state index in [4.69, 9.17) is 45.9 Å². The van der Waals surface area contributed by atoms with Crippen molar-refractivity contribution in [3.63, 3.8) is 0 Å². The molecular formula is C81H95N33O4. The molecule has 4 fully saturated rings. The molecule has 0 unspecified atom stereocenters. The lowest BCUT2D eigenvalue weighted by molar-refractivity contribution is 0.0992. The first-order chi connectivity index (χ1) is 57.4. The monoisotopic (exact) mass is 1590 g/mol. The molecule has 0 aliphatic heterocycles. The Hall–Kier alpha value is -14.2. The van der Waals surface area contributed by atoms with Gasteiger partial charge in [0.2, 0.25) is 23.8 Å². The second-order valence-corrected chi connectivity index (χ2v) is 28.7. The number of nitrogens with one attached hydrogen (secondary N) is 8. The fourth-order valence-electron chi connectivity index (χ4n) is 14.0. The van der Waals surface area contributed by atoms with Gasteiger partial charge in [-0.25, -0.2) is 44.6 Å². The summed E-state index contributed by atoms with van der Waals surface area (Å²) in [6.07, 6.45) is 36.0. The van der Waals surface area contributed by atoms with Gasteiger partial charge in [-0.3, -0.25) is 19.2 Å². The minimum atomic E-state index is -0.613. The van der Waals surface area contributed by atoms with Crippen molar-refractivity contribution in [3.8, 4) is 34.2 Å². The van der Waals surface area contributed by atoms with Crippen LogP contribution in [0.3, 0.4) is 0 Å². The zero-order valence-electron chi connectivity index (χ0n) is 64.7. The number of amides is 4. The van der Waals surface area contributed by atoms with Gasteiger partial charge < -0.3 is 88.4 Å². The molecule has 37 heteroatoms. The predicted octanol–water partition coefficient (Wildman–Crippen LogP) is 8.68. The van der Waals surface area contributed by atoms with Gasteiger partial charge in [0.15, 0.2) is 11.6 Å². The van der Waals surface area contributed by atoms with E-state index in [9.17, 15) is 19.2 Å². The van der Waals surface area contributed by atoms with E-state index in [0.29, 0.717) is 64.4 Å². The zero-order chi connectivity index (χ0) is 82.3. The number of benzene rings is 4. The molecular weight excluding hydrogens is 1500 g/mol. The van der Waals surface area contributed by atoms with Crippen molar-refractivity contribution in [2.75, 3.05) is 42.5 Å². The molecule has 16 rings (SSSR count). The molecule has 4 aliphatic carbocycles. The number of primary amides is 4. The van der Waals surface area contributed by atoms with E-state index in [-0.39, 0.29) is 70.6 Å². The first kappa shape index (κ1) is 81.8. The van der Waals surface area contributed by atoms with Crippen molar-refractivity contribution in [3.05, 3.63) is 212 Å². The molecule has 4 amide bonds. The number of aromatic nitrogens is 17. The molecule has 8 atom stereocenters. The number of nitrogens with two attached hydrogens (primary N) is 8. The second-order valence-electron chi connectivity index (χ2n) is 28.7. The molecule has 118 heavy (non-hydrogen) atoms. The van der Waals surface area contributed by atoms with Crippen LogP contribution in [0.4, 0.5) is 69.8 Å². The fourth-order valence-corrected chi connectivity index (χ4v) is 14.0. The average Bonchev–Trinajstić information content (AvgIpc) is 0.881. The summed E-state index contributed by atoms with van der Waals surface area (Å²) >= 11 is 0. The first-order valence-corrected chi connectivity index (χ1v) is 39.1. The van der Waals surface area contributed by atoms with E-state index in [0.717, 1.165) is 142 Å². The molecule has 8 heterocycles. The third-order valence-electron chi connectivity index (χ3n) is 20.3. The molecule has 0 saturated heterocycles. The van der Waals surface area contributed by atoms with E-state index in [1.54, 1.807) is 60.2 Å². The second kappa shape index (κ2) is 39.7. The Morgan fingerprint density at radius 2 is 0.661 bits per heavy atom. The molecule has 24 N–H and O–H groups in total. The SMILES string of the molecule is NC(=O)c1cnc(N[C@@H]2CCCC[C@@H]2N)nc1Nc1ccc(-c2ncccn2)cc1.NC(=O)c1cnc(N[C@@H]2CCCC[C@@H]2N)nc1Nc1cccc(-c2ncccn2)c1.NC(=O)c1cnc(N[C@@H]2CCCC[C@@H]2N)nc1Nc1cccc(-n2cccn2)c1.NC(=O)c1cnc(N[C@@H]2CCCC[C@@H]2N)nc1Nc1cccc(-n2nccn2)c1. The molecule has 4 saturated carbocycles. The molecule has 608 valence electrons. The van der Waals surface area contributed by atoms with Crippen LogP contribution in [-0.2, 0) is 0 Å². The molecule has 8 aromatic heterocycles. The van der Waals surface area contributed by atoms with Gasteiger partial charge in [-0.15, -0.1) is 0 Å². The normalized spacial score (nSPS) is 18.7. The van der Waals surface area contributed by atoms with Crippen LogP contribution in [0.1, 0.15) is 144 Å². The Balaban J connectivity index is 0.000000136. The number of hydrogen-bond acceptors (Lipinski definition) is 31. The molecule has 4 aromatic carbocycles. The van der Waals surface area contributed by atoms with Crippen molar-refractivity contribution in [2.45, 2.75) is 151 Å². The Labute approximate surface area is 679 Å². The summed E-state index contributed by atoms with van der Waals surface area (Å²) < 4.78 is 1.75. The van der Waals surface area contributed by atoms with Gasteiger partial charge in [0.25, 0.3) is 23.6 Å². The summed E-state index contributed by atoms with van der Waals surface area (Å²) in [6, 6.07) is 36.1. The van der Waals surface area contributed by atoms with Gasteiger partial charge in [-0.05, 0) is 142 Å². The lowest BCUT2D eigenvalue weighted by Gasteiger charge is -2.29. The lowest BCUT2D eigenvalue weighted by atomic mass is 9.91. The van der Waals surface area contributed by atoms with E-state index in [1.807, 2.05) is 109 Å². The van der Waals surface area contributed by atoms with Crippen LogP contribution in [-0.4, -0.2) is 157 Å². The summed E-state index contributed by atoms with van der Waals surface area (Å²) in [5, 5.41) is 38.3. The summed E-state index contributed by atoms with van der Waals surface area (Å²) in [5.74, 6) is 1.81. The highest BCUT2D eigenvalue weighted by Gasteiger charge is 2.28. The highest BCUT2D eigenvalue weighted by atomic mass is 16.2. The first-order valence-electron chi connectivity index (χ1n) is 39.1. The van der Waals surface area contributed by atoms with E-state index < -0.39 is 23.6 Å². The highest BCUT2D eigenvalue weighted by Crippen LogP contribution is 2.31. The van der Waals surface area contributed by atoms with E-state index in [1.165, 1.54) is 29.6 Å². The number of nitrogens with zero attached hydrogens (tertiary/aromatic N) is 17. The largest absolute Gasteiger partial charge is 0.365 e. The molecule has 0 bridgehead atoms. The van der Waals surface area contributed by atoms with Crippen LogP contribution in [0, 0.1) is 0 Å². The molecule has 4 aliphatic rings. The van der Waals surface area contributed by atoms with Crippen LogP contribution >= 0.6 is 0 Å². The molecule has 12 aromatic rings. The number of rotatable bonds is 24. The quantitative estimate of drug-likeness (QED) is 0.0269. The summed E-state index contributed by atoms with van der Waals surface area (Å²) in [6.45, 7) is 0. The van der Waals surface area contributed by atoms with Gasteiger partial charge in [0.05, 0.1) is 23.8 Å². The fraction of sp³-hybridized carbons (Fsp3) is 0.296. The van der Waals surface area contributed by atoms with Crippen LogP contribution in [0.2, 0.25) is 0 Å². The maximum absolute atomic E-state index is 11.9. The standard InChI is InChI=1S/2C21H24N8O.C20H24N8O.C19H23N9O/c22-16-7-1-2-8-17(16)28-21-26-12-15(18(23)30)20(29-21)27-14-6-3-5-13(11-14)19-24-9-4-10-25-19;22-16-4-1-2-5-17(16)28-21-26-12-15(18(23)30)20(29-21)27-14-8-6-13(7-9-14)19-24-10-3-11-25-19;21-16-7-1-2-8-17(16)26-20-23-12-15(18(22)29)19(27-20)25-13-5-3-6-14(11-13)28-10-4-9-24-28;20-15-6-1-2-7-16(15)26-19-22-11-14(17(21)29)18(27-19)25-12-4-3-5-13(10-12)28-23-8-9-24-28/h3-6,9-12,16-17H,1-2,7-8,22H2,(H2,23,30)(H2,26,27,28,29);3,6-12,16-17H,1-2,4-5,22H2,(H2,23,30)(H2,26,27,28,29);3-6,9-12,16-17H,1-2,7-8,21H2,(H2,22,29)(H2,23,25,26,27);3-5,8-11,15-16H,1-2,6-7,20H2,(H2,21,29)(H2,22,25,26,27)/t3*16-,17+;15-,16+/m0000/s1. The third-order valence-corrected chi connectivity index (χ3v) is 20.3. The Morgan fingerprint density at radius 1 is 0.322 bits per heavy atom. The lowest BCUT2D eigenvalue weighted by Crippen LogP contribution is -2.43. The Morgan fingerprint density at radius 3 is 1.03 bits per heavy atom. The number of anilines is 12. The van der Waals surface area contributed by atoms with Crippen LogP contribution in [0.15, 0.2) is 190 Å². The average molecular weight is 1590 g/mol. The minimum Gasteiger partial charge on any atom is -0.365 e. The summed E-state index contributed by atoms with van der Waals surface area (Å²) in [7, 11) is 0. The maximum atomic E-state index is 11.9. The number of carbonyl (C=O) groups is 4. The number of carbonyl (C=O) groups excluding carboxylic acids is 4. The number of hydrogen-bond donors (Lipinski definition) is 16. The van der Waals surface area contributed by atoms with E-state index in [2.05, 4.69) is 118 Å². The van der Waals surface area contributed by atoms with Gasteiger partial charge in [0.1, 0.15) is 45.5 Å². The minimum absolute atomic E-state index is 0.0529. The van der Waals surface area contributed by atoms with Crippen molar-refractivity contribution < 1.29 is 19.2 Å². The van der Waals surface area contributed by atoms with Crippen molar-refractivity contribution in [2.24, 2.45) is 45.9 Å². The van der Waals surface area contributed by atoms with Crippen molar-refractivity contribution in [1.82, 2.24) is 84.6 Å². The van der Waals surface area contributed by atoms with Crippen molar-refractivity contribution in [1.29, 1.82) is 0 Å². The van der Waals surface area contributed by atoms with Crippen LogP contribution in [0.25, 0.3) is 34.2 Å². The predicted molar refractivity (Wildman–Crippen MR) is 451 cm³/mol. The summed E-state index contributed by atoms with van der Waals surface area (Å²) in [5.41, 5.74) is 54.0. The molecule has 37 nitrogen and oxygen atoms in total. The van der Waals surface area contributed by atoms with Crippen LogP contribution < -0.4 is 88.4 Å².